The molecule has 0 unspecified atom stereocenters. The van der Waals surface area contributed by atoms with Crippen molar-refractivity contribution in [3.05, 3.63) is 40.9 Å². The van der Waals surface area contributed by atoms with Gasteiger partial charge in [0.1, 0.15) is 10.7 Å². The van der Waals surface area contributed by atoms with Gasteiger partial charge in [0.2, 0.25) is 0 Å². The average Bonchev–Trinajstić information content (AvgIpc) is 3.01. The van der Waals surface area contributed by atoms with Crippen molar-refractivity contribution in [1.82, 2.24) is 19.9 Å². The summed E-state index contributed by atoms with van der Waals surface area (Å²) in [4.78, 5) is 26.8. The minimum Gasteiger partial charge on any atom is -0.328 e. The van der Waals surface area contributed by atoms with E-state index in [1.807, 2.05) is 10.3 Å². The first kappa shape index (κ1) is 12.2. The first-order valence-corrected chi connectivity index (χ1v) is 7.20. The molecule has 1 atom stereocenters. The molecular formula is C13H14N4OS. The van der Waals surface area contributed by atoms with Crippen LogP contribution >= 0.6 is 11.3 Å². The van der Waals surface area contributed by atoms with Crippen molar-refractivity contribution in [3.8, 4) is 0 Å². The van der Waals surface area contributed by atoms with Crippen LogP contribution in [0.25, 0.3) is 0 Å². The molecule has 0 aliphatic carbocycles. The highest BCUT2D eigenvalue weighted by Crippen LogP contribution is 2.32. The molecule has 5 nitrogen and oxygen atoms in total. The fraction of sp³-hybridized carbons (Fsp3) is 0.385. The van der Waals surface area contributed by atoms with Crippen LogP contribution in [-0.4, -0.2) is 32.3 Å². The third-order valence-electron chi connectivity index (χ3n) is 3.28. The van der Waals surface area contributed by atoms with Gasteiger partial charge in [-0.05, 0) is 19.3 Å². The Bertz CT molecular complexity index is 543. The van der Waals surface area contributed by atoms with Crippen LogP contribution in [0.1, 0.15) is 40.8 Å². The summed E-state index contributed by atoms with van der Waals surface area (Å²) in [5, 5.41) is 2.96. The summed E-state index contributed by atoms with van der Waals surface area (Å²) >= 11 is 1.60. The van der Waals surface area contributed by atoms with E-state index in [4.69, 9.17) is 0 Å². The predicted octanol–water partition coefficient (Wildman–Crippen LogP) is 2.30. The summed E-state index contributed by atoms with van der Waals surface area (Å²) in [6, 6.07) is 0.0863. The second-order valence-electron chi connectivity index (χ2n) is 4.47. The molecule has 0 spiro atoms. The highest BCUT2D eigenvalue weighted by Gasteiger charge is 2.30. The zero-order chi connectivity index (χ0) is 13.1. The fourth-order valence-electron chi connectivity index (χ4n) is 2.39. The number of carbonyl (C=O) groups is 1. The number of aromatic nitrogens is 3. The third-order valence-corrected chi connectivity index (χ3v) is 4.16. The van der Waals surface area contributed by atoms with Gasteiger partial charge >= 0.3 is 0 Å². The molecule has 0 bridgehead atoms. The number of carbonyl (C=O) groups excluding carboxylic acids is 1. The topological polar surface area (TPSA) is 59.0 Å². The van der Waals surface area contributed by atoms with Crippen molar-refractivity contribution in [3.63, 3.8) is 0 Å². The molecule has 0 saturated carbocycles. The van der Waals surface area contributed by atoms with Gasteiger partial charge in [0.25, 0.3) is 5.91 Å². The maximum atomic E-state index is 12.5. The Hall–Kier alpha value is -1.82. The second kappa shape index (κ2) is 5.44. The molecular weight excluding hydrogens is 260 g/mol. The van der Waals surface area contributed by atoms with Crippen molar-refractivity contribution in [2.24, 2.45) is 0 Å². The number of rotatable bonds is 2. The lowest BCUT2D eigenvalue weighted by atomic mass is 10.0. The monoisotopic (exact) mass is 274 g/mol. The lowest BCUT2D eigenvalue weighted by molar-refractivity contribution is 0.0604. The second-order valence-corrected chi connectivity index (χ2v) is 5.40. The standard InChI is InChI=1S/C13H14N4OS/c18-13(10-9-14-4-5-15-10)17-7-2-1-3-11(17)12-16-6-8-19-12/h4-6,8-9,11H,1-3,7H2/t11-/m1/s1. The Labute approximate surface area is 115 Å². The first-order chi connectivity index (χ1) is 9.36. The SMILES string of the molecule is O=C(c1cnccn1)N1CCCC[C@@H]1c1nccs1. The van der Waals surface area contributed by atoms with E-state index in [1.165, 1.54) is 6.20 Å². The number of likely N-dealkylation sites (tertiary alicyclic amines) is 1. The van der Waals surface area contributed by atoms with Gasteiger partial charge in [-0.2, -0.15) is 0 Å². The summed E-state index contributed by atoms with van der Waals surface area (Å²) in [7, 11) is 0. The van der Waals surface area contributed by atoms with Crippen LogP contribution in [-0.2, 0) is 0 Å². The molecule has 3 rings (SSSR count). The molecule has 1 fully saturated rings. The van der Waals surface area contributed by atoms with Gasteiger partial charge in [-0.25, -0.2) is 9.97 Å². The number of piperidine rings is 1. The van der Waals surface area contributed by atoms with E-state index in [-0.39, 0.29) is 11.9 Å². The molecule has 0 aromatic carbocycles. The average molecular weight is 274 g/mol. The molecule has 1 aliphatic rings. The van der Waals surface area contributed by atoms with E-state index in [2.05, 4.69) is 15.0 Å². The fourth-order valence-corrected chi connectivity index (χ4v) is 3.17. The molecule has 0 radical (unpaired) electrons. The van der Waals surface area contributed by atoms with Gasteiger partial charge in [-0.1, -0.05) is 0 Å². The molecule has 98 valence electrons. The molecule has 2 aromatic heterocycles. The van der Waals surface area contributed by atoms with Gasteiger partial charge < -0.3 is 4.90 Å². The van der Waals surface area contributed by atoms with Gasteiger partial charge in [-0.3, -0.25) is 9.78 Å². The molecule has 1 saturated heterocycles. The van der Waals surface area contributed by atoms with Crippen molar-refractivity contribution < 1.29 is 4.79 Å². The predicted molar refractivity (Wildman–Crippen MR) is 71.8 cm³/mol. The van der Waals surface area contributed by atoms with Gasteiger partial charge in [0.15, 0.2) is 0 Å². The highest BCUT2D eigenvalue weighted by atomic mass is 32.1. The Morgan fingerprint density at radius 1 is 1.26 bits per heavy atom. The van der Waals surface area contributed by atoms with E-state index in [0.717, 1.165) is 30.8 Å². The minimum absolute atomic E-state index is 0.0481. The minimum atomic E-state index is -0.0481. The summed E-state index contributed by atoms with van der Waals surface area (Å²) in [6.07, 6.45) is 9.58. The normalized spacial score (nSPS) is 19.4. The Balaban J connectivity index is 1.87. The van der Waals surface area contributed by atoms with E-state index in [1.54, 1.807) is 29.9 Å². The van der Waals surface area contributed by atoms with E-state index in [0.29, 0.717) is 5.69 Å². The smallest absolute Gasteiger partial charge is 0.274 e. The maximum absolute atomic E-state index is 12.5. The van der Waals surface area contributed by atoms with Crippen LogP contribution < -0.4 is 0 Å². The number of amides is 1. The molecule has 2 aromatic rings. The number of thiazole rings is 1. The van der Waals surface area contributed by atoms with E-state index in [9.17, 15) is 4.79 Å². The lowest BCUT2D eigenvalue weighted by Gasteiger charge is -2.34. The molecule has 19 heavy (non-hydrogen) atoms. The zero-order valence-corrected chi connectivity index (χ0v) is 11.2. The van der Waals surface area contributed by atoms with Gasteiger partial charge in [0, 0.05) is 30.5 Å². The molecule has 6 heteroatoms. The Morgan fingerprint density at radius 3 is 2.95 bits per heavy atom. The van der Waals surface area contributed by atoms with E-state index < -0.39 is 0 Å². The van der Waals surface area contributed by atoms with Crippen molar-refractivity contribution >= 4 is 17.2 Å². The Morgan fingerprint density at radius 2 is 2.21 bits per heavy atom. The van der Waals surface area contributed by atoms with Gasteiger partial charge in [0.05, 0.1) is 12.2 Å². The third kappa shape index (κ3) is 2.49. The van der Waals surface area contributed by atoms with Crippen LogP contribution in [0, 0.1) is 0 Å². The Kier molecular flexibility index (Phi) is 3.50. The maximum Gasteiger partial charge on any atom is 0.274 e. The summed E-state index contributed by atoms with van der Waals surface area (Å²) < 4.78 is 0. The number of hydrogen-bond acceptors (Lipinski definition) is 5. The van der Waals surface area contributed by atoms with Crippen molar-refractivity contribution in [2.75, 3.05) is 6.54 Å². The highest BCUT2D eigenvalue weighted by molar-refractivity contribution is 7.09. The van der Waals surface area contributed by atoms with Crippen LogP contribution in [0.15, 0.2) is 30.2 Å². The molecule has 0 N–H and O–H groups in total. The van der Waals surface area contributed by atoms with Gasteiger partial charge in [-0.15, -0.1) is 11.3 Å². The van der Waals surface area contributed by atoms with Crippen LogP contribution in [0.2, 0.25) is 0 Å². The summed E-state index contributed by atoms with van der Waals surface area (Å²) in [5.41, 5.74) is 0.408. The number of nitrogens with zero attached hydrogens (tertiary/aromatic N) is 4. The molecule has 1 amide bonds. The van der Waals surface area contributed by atoms with Crippen LogP contribution in [0.3, 0.4) is 0 Å². The molecule has 1 aliphatic heterocycles. The number of hydrogen-bond donors (Lipinski definition) is 0. The zero-order valence-electron chi connectivity index (χ0n) is 10.4. The molecule has 3 heterocycles. The van der Waals surface area contributed by atoms with Crippen molar-refractivity contribution in [1.29, 1.82) is 0 Å². The van der Waals surface area contributed by atoms with Crippen LogP contribution in [0.4, 0.5) is 0 Å². The van der Waals surface area contributed by atoms with Crippen LogP contribution in [0.5, 0.6) is 0 Å². The lowest BCUT2D eigenvalue weighted by Crippen LogP contribution is -2.38. The first-order valence-electron chi connectivity index (χ1n) is 6.32. The quantitative estimate of drug-likeness (QED) is 0.843. The summed E-state index contributed by atoms with van der Waals surface area (Å²) in [5.74, 6) is -0.0481. The summed E-state index contributed by atoms with van der Waals surface area (Å²) in [6.45, 7) is 0.764. The van der Waals surface area contributed by atoms with Crippen molar-refractivity contribution in [2.45, 2.75) is 25.3 Å². The largest absolute Gasteiger partial charge is 0.328 e. The van der Waals surface area contributed by atoms with E-state index >= 15 is 0 Å².